The predicted octanol–water partition coefficient (Wildman–Crippen LogP) is 1.86. The molecule has 5 atom stereocenters. The van der Waals surface area contributed by atoms with Crippen molar-refractivity contribution in [1.29, 1.82) is 0 Å². The number of hydrogen-bond acceptors (Lipinski definition) is 11. The maximum atomic E-state index is 12.6. The van der Waals surface area contributed by atoms with E-state index in [-0.39, 0.29) is 19.6 Å². The van der Waals surface area contributed by atoms with Crippen molar-refractivity contribution in [3.05, 3.63) is 35.9 Å². The molecule has 0 aromatic heterocycles. The minimum atomic E-state index is -3.95. The number of alkyl carbamates (subject to hydrolysis) is 1. The van der Waals surface area contributed by atoms with E-state index in [1.807, 2.05) is 18.2 Å². The molecule has 0 bridgehead atoms. The Morgan fingerprint density at radius 1 is 1.08 bits per heavy atom. The Bertz CT molecular complexity index is 1040. The lowest BCUT2D eigenvalue weighted by Gasteiger charge is -2.30. The van der Waals surface area contributed by atoms with Gasteiger partial charge in [0.25, 0.3) is 10.1 Å². The normalized spacial score (nSPS) is 26.3. The van der Waals surface area contributed by atoms with Crippen LogP contribution >= 0.6 is 0 Å². The summed E-state index contributed by atoms with van der Waals surface area (Å²) in [6.07, 6.45) is -3.91. The second-order valence-electron chi connectivity index (χ2n) is 9.79. The number of carbonyl (C=O) groups is 2. The highest BCUT2D eigenvalue weighted by Gasteiger charge is 2.53. The zero-order chi connectivity index (χ0) is 27.4. The molecular formula is C24H35NO11S. The average Bonchev–Trinajstić information content (AvgIpc) is 3.32. The van der Waals surface area contributed by atoms with Crippen molar-refractivity contribution < 1.29 is 50.6 Å². The number of methoxy groups -OCH3 is 1. The van der Waals surface area contributed by atoms with E-state index < -0.39 is 64.2 Å². The quantitative estimate of drug-likeness (QED) is 0.340. The van der Waals surface area contributed by atoms with E-state index in [1.54, 1.807) is 39.8 Å². The molecule has 0 radical (unpaired) electrons. The molecule has 208 valence electrons. The summed E-state index contributed by atoms with van der Waals surface area (Å²) in [5, 5.41) is 2.50. The number of esters is 1. The molecule has 2 aliphatic heterocycles. The molecular weight excluding hydrogens is 510 g/mol. The van der Waals surface area contributed by atoms with Crippen LogP contribution in [0.2, 0.25) is 0 Å². The highest BCUT2D eigenvalue weighted by atomic mass is 32.2. The molecule has 2 aliphatic rings. The van der Waals surface area contributed by atoms with Gasteiger partial charge < -0.3 is 33.7 Å². The molecule has 2 saturated heterocycles. The molecule has 13 heteroatoms. The van der Waals surface area contributed by atoms with Gasteiger partial charge in [0.2, 0.25) is 0 Å². The summed E-state index contributed by atoms with van der Waals surface area (Å²) in [5.74, 6) is -2.86. The minimum absolute atomic E-state index is 0.00165. The zero-order valence-electron chi connectivity index (χ0n) is 21.8. The van der Waals surface area contributed by atoms with Crippen LogP contribution in [0.15, 0.2) is 30.3 Å². The number of ether oxygens (including phenoxy) is 6. The van der Waals surface area contributed by atoms with Crippen molar-refractivity contribution in [1.82, 2.24) is 5.32 Å². The van der Waals surface area contributed by atoms with Crippen molar-refractivity contribution in [3.8, 4) is 0 Å². The zero-order valence-corrected chi connectivity index (χ0v) is 22.6. The van der Waals surface area contributed by atoms with Crippen LogP contribution in [-0.2, 0) is 54.1 Å². The van der Waals surface area contributed by atoms with E-state index >= 15 is 0 Å². The largest absolute Gasteiger partial charge is 0.467 e. The van der Waals surface area contributed by atoms with E-state index in [9.17, 15) is 18.0 Å². The first kappa shape index (κ1) is 29.3. The molecule has 1 N–H and O–H groups in total. The number of carbonyl (C=O) groups excluding carboxylic acids is 2. The molecule has 2 heterocycles. The van der Waals surface area contributed by atoms with Gasteiger partial charge in [0.05, 0.1) is 26.1 Å². The van der Waals surface area contributed by atoms with Gasteiger partial charge in [0.15, 0.2) is 11.6 Å². The van der Waals surface area contributed by atoms with Gasteiger partial charge in [0, 0.05) is 6.42 Å². The van der Waals surface area contributed by atoms with Gasteiger partial charge in [-0.2, -0.15) is 8.42 Å². The third-order valence-electron chi connectivity index (χ3n) is 5.69. The Kier molecular flexibility index (Phi) is 9.19. The van der Waals surface area contributed by atoms with Crippen molar-refractivity contribution in [2.24, 2.45) is 0 Å². The third-order valence-corrected chi connectivity index (χ3v) is 6.26. The summed E-state index contributed by atoms with van der Waals surface area (Å²) in [4.78, 5) is 25.0. The van der Waals surface area contributed by atoms with Crippen LogP contribution in [0.1, 0.15) is 39.7 Å². The number of hydrogen-bond donors (Lipinski definition) is 1. The van der Waals surface area contributed by atoms with Crippen LogP contribution in [0.3, 0.4) is 0 Å². The van der Waals surface area contributed by atoms with Gasteiger partial charge in [-0.1, -0.05) is 30.3 Å². The summed E-state index contributed by atoms with van der Waals surface area (Å²) in [5.41, 5.74) is 0.768. The molecule has 1 unspecified atom stereocenters. The summed E-state index contributed by atoms with van der Waals surface area (Å²) in [7, 11) is -2.77. The molecule has 1 amide bonds. The molecule has 12 nitrogen and oxygen atoms in total. The number of benzene rings is 1. The van der Waals surface area contributed by atoms with Crippen LogP contribution in [-0.4, -0.2) is 82.5 Å². The summed E-state index contributed by atoms with van der Waals surface area (Å²) >= 11 is 0. The molecule has 0 aliphatic carbocycles. The topological polar surface area (TPSA) is 145 Å². The molecule has 3 rings (SSSR count). The first-order chi connectivity index (χ1) is 17.2. The lowest BCUT2D eigenvalue weighted by Crippen LogP contribution is -2.50. The summed E-state index contributed by atoms with van der Waals surface area (Å²) in [6.45, 7) is 6.71. The molecule has 1 aromatic rings. The third kappa shape index (κ3) is 8.62. The first-order valence-electron chi connectivity index (χ1n) is 11.8. The fraction of sp³-hybridized carbons (Fsp3) is 0.667. The fourth-order valence-corrected chi connectivity index (χ4v) is 4.86. The van der Waals surface area contributed by atoms with Crippen LogP contribution in [0.25, 0.3) is 0 Å². The number of amides is 1. The van der Waals surface area contributed by atoms with Crippen molar-refractivity contribution in [2.45, 2.75) is 82.8 Å². The molecule has 2 fully saturated rings. The predicted molar refractivity (Wildman–Crippen MR) is 129 cm³/mol. The van der Waals surface area contributed by atoms with Gasteiger partial charge in [-0.15, -0.1) is 0 Å². The van der Waals surface area contributed by atoms with Crippen LogP contribution in [0, 0.1) is 0 Å². The minimum Gasteiger partial charge on any atom is -0.467 e. The number of rotatable bonds is 10. The van der Waals surface area contributed by atoms with E-state index in [1.165, 1.54) is 7.11 Å². The first-order valence-corrected chi connectivity index (χ1v) is 13.6. The van der Waals surface area contributed by atoms with E-state index in [0.29, 0.717) is 0 Å². The fourth-order valence-electron chi connectivity index (χ4n) is 4.23. The average molecular weight is 546 g/mol. The standard InChI is InChI=1S/C24H35NO11S/c1-23(2)32-14-18(34-23)20(36-37(6,28)29)19-17(33-24(3,4)35-19)12-16(21(26)30-5)25-22(27)31-13-15-10-8-7-9-11-15/h7-11,16-20H,12-14H2,1-6H3,(H,25,27)/t16?,17-,18-,19-,20+/m1/s1. The Labute approximate surface area is 216 Å². The van der Waals surface area contributed by atoms with Gasteiger partial charge in [-0.25, -0.2) is 9.59 Å². The monoisotopic (exact) mass is 545 g/mol. The molecule has 0 spiro atoms. The van der Waals surface area contributed by atoms with E-state index in [2.05, 4.69) is 5.32 Å². The Balaban J connectivity index is 1.78. The summed E-state index contributed by atoms with van der Waals surface area (Å²) in [6, 6.07) is 7.85. The van der Waals surface area contributed by atoms with Gasteiger partial charge in [-0.05, 0) is 33.3 Å². The second kappa shape index (κ2) is 11.6. The van der Waals surface area contributed by atoms with Crippen molar-refractivity contribution >= 4 is 22.2 Å². The SMILES string of the molecule is COC(=O)C(C[C@H]1OC(C)(C)O[C@H]1[C@@H](OS(C)(=O)=O)[C@H]1COC(C)(C)O1)NC(=O)OCc1ccccc1. The Hall–Kier alpha value is -2.29. The van der Waals surface area contributed by atoms with Gasteiger partial charge in [-0.3, -0.25) is 4.18 Å². The highest BCUT2D eigenvalue weighted by Crippen LogP contribution is 2.37. The molecule has 1 aromatic carbocycles. The van der Waals surface area contributed by atoms with Crippen molar-refractivity contribution in [3.63, 3.8) is 0 Å². The maximum absolute atomic E-state index is 12.6. The lowest BCUT2D eigenvalue weighted by molar-refractivity contribution is -0.174. The molecule has 37 heavy (non-hydrogen) atoms. The van der Waals surface area contributed by atoms with Gasteiger partial charge in [0.1, 0.15) is 31.0 Å². The number of nitrogens with one attached hydrogen (secondary N) is 1. The lowest BCUT2D eigenvalue weighted by atomic mass is 9.98. The van der Waals surface area contributed by atoms with Crippen LogP contribution in [0.5, 0.6) is 0 Å². The maximum Gasteiger partial charge on any atom is 0.408 e. The second-order valence-corrected chi connectivity index (χ2v) is 11.4. The molecule has 0 saturated carbocycles. The Morgan fingerprint density at radius 3 is 2.32 bits per heavy atom. The Morgan fingerprint density at radius 2 is 1.76 bits per heavy atom. The highest BCUT2D eigenvalue weighted by molar-refractivity contribution is 7.86. The smallest absolute Gasteiger partial charge is 0.408 e. The van der Waals surface area contributed by atoms with Crippen LogP contribution in [0.4, 0.5) is 4.79 Å². The van der Waals surface area contributed by atoms with E-state index in [4.69, 9.17) is 32.6 Å². The van der Waals surface area contributed by atoms with Crippen molar-refractivity contribution in [2.75, 3.05) is 20.0 Å². The summed E-state index contributed by atoms with van der Waals surface area (Å²) < 4.78 is 63.3. The van der Waals surface area contributed by atoms with Gasteiger partial charge >= 0.3 is 12.1 Å². The van der Waals surface area contributed by atoms with Crippen LogP contribution < -0.4 is 5.32 Å². The van der Waals surface area contributed by atoms with E-state index in [0.717, 1.165) is 11.8 Å².